The minimum absolute atomic E-state index is 0.00126. The summed E-state index contributed by atoms with van der Waals surface area (Å²) in [5.74, 6) is -1.37. The molecule has 0 aromatic carbocycles. The van der Waals surface area contributed by atoms with Crippen molar-refractivity contribution in [2.75, 3.05) is 27.2 Å². The van der Waals surface area contributed by atoms with E-state index in [4.69, 9.17) is 9.47 Å². The lowest BCUT2D eigenvalue weighted by Gasteiger charge is -2.32. The number of likely N-dealkylation sites (N-methyl/N-ethyl adjacent to an activating group) is 2. The lowest BCUT2D eigenvalue weighted by atomic mass is 10.0. The molecule has 0 saturated heterocycles. The van der Waals surface area contributed by atoms with Crippen molar-refractivity contribution in [1.82, 2.24) is 25.5 Å². The highest BCUT2D eigenvalue weighted by Crippen LogP contribution is 2.18. The average Bonchev–Trinajstić information content (AvgIpc) is 3.78. The number of aromatic amines is 1. The number of carbonyl (C=O) groups is 4. The van der Waals surface area contributed by atoms with Crippen molar-refractivity contribution < 1.29 is 28.7 Å². The summed E-state index contributed by atoms with van der Waals surface area (Å²) in [5.41, 5.74) is 0.702. The average molecular weight is 888 g/mol. The molecule has 0 aliphatic rings. The second-order valence-corrected chi connectivity index (χ2v) is 18.5. The molecule has 3 unspecified atom stereocenters. The molecule has 0 aliphatic carbocycles. The maximum absolute atomic E-state index is 13.8. The first-order chi connectivity index (χ1) is 30.7. The monoisotopic (exact) mass is 888 g/mol. The van der Waals surface area contributed by atoms with Gasteiger partial charge < -0.3 is 30.0 Å². The van der Waals surface area contributed by atoms with Gasteiger partial charge >= 0.3 is 11.9 Å². The van der Waals surface area contributed by atoms with Crippen LogP contribution in [0.1, 0.15) is 245 Å². The number of carbonyl (C=O) groups excluding carboxylic acids is 4. The van der Waals surface area contributed by atoms with Crippen molar-refractivity contribution in [1.29, 1.82) is 0 Å². The Hall–Kier alpha value is -2.95. The van der Waals surface area contributed by atoms with Crippen LogP contribution in [0.3, 0.4) is 0 Å². The summed E-state index contributed by atoms with van der Waals surface area (Å²) in [7, 11) is 3.38. The number of hydrogen-bond donors (Lipinski definition) is 3. The van der Waals surface area contributed by atoms with Gasteiger partial charge in [-0.2, -0.15) is 0 Å². The quantitative estimate of drug-likeness (QED) is 0.0434. The summed E-state index contributed by atoms with van der Waals surface area (Å²) >= 11 is 0. The lowest BCUT2D eigenvalue weighted by Crippen LogP contribution is -2.53. The van der Waals surface area contributed by atoms with Gasteiger partial charge in [0, 0.05) is 51.7 Å². The smallest absolute Gasteiger partial charge is 0.306 e. The number of nitrogens with zero attached hydrogens (tertiary/aromatic N) is 2. The highest BCUT2D eigenvalue weighted by Gasteiger charge is 2.33. The summed E-state index contributed by atoms with van der Waals surface area (Å²) in [4.78, 5) is 60.9. The zero-order chi connectivity index (χ0) is 46.0. The topological polar surface area (TPSA) is 143 Å². The highest BCUT2D eigenvalue weighted by atomic mass is 16.6. The molecule has 1 heterocycles. The first-order valence-electron chi connectivity index (χ1n) is 26.2. The van der Waals surface area contributed by atoms with E-state index in [9.17, 15) is 19.2 Å². The first-order valence-corrected chi connectivity index (χ1v) is 26.2. The van der Waals surface area contributed by atoms with Crippen LogP contribution in [0.2, 0.25) is 0 Å². The maximum atomic E-state index is 13.8. The third-order valence-corrected chi connectivity index (χ3v) is 12.3. The number of esters is 2. The molecule has 3 atom stereocenters. The normalized spacial score (nSPS) is 12.8. The third-order valence-electron chi connectivity index (χ3n) is 12.3. The van der Waals surface area contributed by atoms with Crippen LogP contribution in [0.4, 0.5) is 0 Å². The molecule has 366 valence electrons. The molecule has 11 nitrogen and oxygen atoms in total. The Bertz CT molecular complexity index is 1230. The fraction of sp³-hybridized carbons (Fsp3) is 0.865. The summed E-state index contributed by atoms with van der Waals surface area (Å²) in [6.07, 6.45) is 42.5. The van der Waals surface area contributed by atoms with E-state index in [0.717, 1.165) is 38.5 Å². The van der Waals surface area contributed by atoms with E-state index in [1.165, 1.54) is 185 Å². The Morgan fingerprint density at radius 3 is 1.29 bits per heavy atom. The van der Waals surface area contributed by atoms with E-state index in [1.54, 1.807) is 20.3 Å². The van der Waals surface area contributed by atoms with Gasteiger partial charge in [-0.25, -0.2) is 4.98 Å². The maximum Gasteiger partial charge on any atom is 0.306 e. The van der Waals surface area contributed by atoms with Crippen LogP contribution < -0.4 is 10.6 Å². The third kappa shape index (κ3) is 34.1. The SMILES string of the molecule is CCCCCCCCCCCCCCCCCCC(=O)OC(CNC)C(CN(C)C(=O)C(Cc1cnc[nH]1)NC(C)=O)OC(=O)CCCCCCCCCCCCCCCCCC. The molecule has 11 heteroatoms. The molecule has 0 aliphatic heterocycles. The molecule has 0 bridgehead atoms. The van der Waals surface area contributed by atoms with Crippen LogP contribution in [-0.2, 0) is 35.1 Å². The van der Waals surface area contributed by atoms with Gasteiger partial charge in [0.2, 0.25) is 11.8 Å². The highest BCUT2D eigenvalue weighted by molar-refractivity contribution is 5.87. The van der Waals surface area contributed by atoms with Crippen molar-refractivity contribution >= 4 is 23.8 Å². The number of ether oxygens (including phenoxy) is 2. The molecule has 0 saturated carbocycles. The Balaban J connectivity index is 2.58. The van der Waals surface area contributed by atoms with E-state index in [1.807, 2.05) is 0 Å². The predicted molar refractivity (Wildman–Crippen MR) is 260 cm³/mol. The first kappa shape index (κ1) is 58.1. The van der Waals surface area contributed by atoms with E-state index < -0.39 is 18.2 Å². The van der Waals surface area contributed by atoms with Crippen LogP contribution in [-0.4, -0.2) is 84.1 Å². The molecule has 63 heavy (non-hydrogen) atoms. The Morgan fingerprint density at radius 1 is 0.587 bits per heavy atom. The number of unbranched alkanes of at least 4 members (excludes halogenated alkanes) is 30. The van der Waals surface area contributed by atoms with E-state index >= 15 is 0 Å². The molecule has 1 rings (SSSR count). The minimum atomic E-state index is -0.889. The molecule has 1 aromatic rings. The van der Waals surface area contributed by atoms with Gasteiger partial charge in [0.25, 0.3) is 0 Å². The fourth-order valence-corrected chi connectivity index (χ4v) is 8.46. The van der Waals surface area contributed by atoms with Crippen LogP contribution >= 0.6 is 0 Å². The summed E-state index contributed by atoms with van der Waals surface area (Å²) in [6, 6.07) is -0.852. The van der Waals surface area contributed by atoms with Crippen molar-refractivity contribution in [3.63, 3.8) is 0 Å². The van der Waals surface area contributed by atoms with Crippen LogP contribution in [0.5, 0.6) is 0 Å². The number of amides is 2. The summed E-state index contributed by atoms with van der Waals surface area (Å²) < 4.78 is 12.1. The Labute approximate surface area is 385 Å². The molecule has 3 N–H and O–H groups in total. The molecule has 0 fully saturated rings. The van der Waals surface area contributed by atoms with Crippen molar-refractivity contribution in [3.8, 4) is 0 Å². The van der Waals surface area contributed by atoms with Gasteiger partial charge in [-0.05, 0) is 19.9 Å². The van der Waals surface area contributed by atoms with Gasteiger partial charge in [-0.1, -0.05) is 206 Å². The molecular formula is C52H97N5O6. The zero-order valence-electron chi connectivity index (χ0n) is 41.4. The van der Waals surface area contributed by atoms with Crippen LogP contribution in [0.25, 0.3) is 0 Å². The van der Waals surface area contributed by atoms with E-state index in [2.05, 4.69) is 34.4 Å². The van der Waals surface area contributed by atoms with Gasteiger partial charge in [-0.15, -0.1) is 0 Å². The van der Waals surface area contributed by atoms with Crippen LogP contribution in [0.15, 0.2) is 12.5 Å². The van der Waals surface area contributed by atoms with Crippen molar-refractivity contribution in [3.05, 3.63) is 18.2 Å². The predicted octanol–water partition coefficient (Wildman–Crippen LogP) is 12.3. The second-order valence-electron chi connectivity index (χ2n) is 18.5. The largest absolute Gasteiger partial charge is 0.457 e. The Kier molecular flexibility index (Phi) is 38.5. The molecule has 0 radical (unpaired) electrons. The number of imidazole rings is 1. The van der Waals surface area contributed by atoms with Gasteiger partial charge in [-0.3, -0.25) is 19.2 Å². The number of rotatable bonds is 45. The molecular weight excluding hydrogens is 791 g/mol. The lowest BCUT2D eigenvalue weighted by molar-refractivity contribution is -0.170. The van der Waals surface area contributed by atoms with Gasteiger partial charge in [0.05, 0.1) is 12.9 Å². The molecule has 2 amide bonds. The summed E-state index contributed by atoms with van der Waals surface area (Å²) in [5, 5.41) is 5.85. The number of H-pyrrole nitrogens is 1. The fourth-order valence-electron chi connectivity index (χ4n) is 8.46. The second kappa shape index (κ2) is 41.7. The molecule has 0 spiro atoms. The molecule has 1 aromatic heterocycles. The van der Waals surface area contributed by atoms with Gasteiger partial charge in [0.1, 0.15) is 6.04 Å². The summed E-state index contributed by atoms with van der Waals surface area (Å²) in [6.45, 7) is 6.17. The standard InChI is InChI=1S/C52H97N5O6/c1-6-8-10-12-14-16-18-20-22-24-26-28-30-32-34-36-38-50(59)62-48(42-53-4)49(43-57(5)52(61)47(56-45(3)58)40-46-41-54-44-55-46)63-51(60)39-37-35-33-31-29-27-25-23-21-19-17-15-13-11-9-7-2/h41,44,47-49,53H,6-40,42-43H2,1-5H3,(H,54,55)(H,56,58). The van der Waals surface area contributed by atoms with Crippen LogP contribution in [0, 0.1) is 0 Å². The van der Waals surface area contributed by atoms with Gasteiger partial charge in [0.15, 0.2) is 12.2 Å². The number of nitrogens with one attached hydrogen (secondary N) is 3. The number of hydrogen-bond acceptors (Lipinski definition) is 8. The van der Waals surface area contributed by atoms with Crippen molar-refractivity contribution in [2.45, 2.75) is 264 Å². The zero-order valence-corrected chi connectivity index (χ0v) is 41.4. The number of aromatic nitrogens is 2. The van der Waals surface area contributed by atoms with E-state index in [-0.39, 0.29) is 49.7 Å². The van der Waals surface area contributed by atoms with Crippen molar-refractivity contribution in [2.24, 2.45) is 0 Å². The Morgan fingerprint density at radius 2 is 0.952 bits per heavy atom. The minimum Gasteiger partial charge on any atom is -0.457 e. The van der Waals surface area contributed by atoms with E-state index in [0.29, 0.717) is 12.1 Å².